The van der Waals surface area contributed by atoms with Crippen LogP contribution in [0.25, 0.3) is 10.8 Å². The third-order valence-corrected chi connectivity index (χ3v) is 5.71. The van der Waals surface area contributed by atoms with Crippen LogP contribution in [0.4, 0.5) is 0 Å². The fourth-order valence-corrected chi connectivity index (χ4v) is 4.46. The van der Waals surface area contributed by atoms with Gasteiger partial charge in [-0.3, -0.25) is 0 Å². The van der Waals surface area contributed by atoms with Crippen molar-refractivity contribution in [1.29, 1.82) is 0 Å². The SMILES string of the molecule is O=S(=O)(Cc1csc(-c2ccco2)n1)CC(O)c1ccccc1. The molecule has 0 spiro atoms. The highest BCUT2D eigenvalue weighted by Crippen LogP contribution is 2.25. The van der Waals surface area contributed by atoms with Crippen molar-refractivity contribution in [2.75, 3.05) is 5.75 Å². The maximum absolute atomic E-state index is 12.3. The van der Waals surface area contributed by atoms with Gasteiger partial charge in [-0.05, 0) is 17.7 Å². The summed E-state index contributed by atoms with van der Waals surface area (Å²) in [7, 11) is -3.47. The van der Waals surface area contributed by atoms with Crippen molar-refractivity contribution in [2.45, 2.75) is 11.9 Å². The zero-order valence-corrected chi connectivity index (χ0v) is 13.8. The zero-order chi connectivity index (χ0) is 16.3. The van der Waals surface area contributed by atoms with Gasteiger partial charge in [-0.1, -0.05) is 30.3 Å². The van der Waals surface area contributed by atoms with Crippen molar-refractivity contribution in [3.63, 3.8) is 0 Å². The molecule has 3 aromatic rings. The van der Waals surface area contributed by atoms with Crippen LogP contribution in [-0.4, -0.2) is 24.3 Å². The molecule has 0 radical (unpaired) electrons. The number of aliphatic hydroxyl groups excluding tert-OH is 1. The molecule has 5 nitrogen and oxygen atoms in total. The predicted octanol–water partition coefficient (Wildman–Crippen LogP) is 3.05. The maximum atomic E-state index is 12.3. The minimum Gasteiger partial charge on any atom is -0.462 e. The highest BCUT2D eigenvalue weighted by molar-refractivity contribution is 7.90. The van der Waals surface area contributed by atoms with Gasteiger partial charge >= 0.3 is 0 Å². The van der Waals surface area contributed by atoms with Crippen molar-refractivity contribution in [1.82, 2.24) is 4.98 Å². The molecule has 1 aromatic carbocycles. The molecule has 0 fully saturated rings. The summed E-state index contributed by atoms with van der Waals surface area (Å²) in [5.74, 6) is 0.0848. The predicted molar refractivity (Wildman–Crippen MR) is 88.7 cm³/mol. The molecule has 2 aromatic heterocycles. The Kier molecular flexibility index (Phi) is 4.61. The van der Waals surface area contributed by atoms with Gasteiger partial charge in [-0.25, -0.2) is 13.4 Å². The lowest BCUT2D eigenvalue weighted by molar-refractivity contribution is 0.201. The molecule has 1 atom stereocenters. The third kappa shape index (κ3) is 4.07. The molecule has 3 rings (SSSR count). The first kappa shape index (κ1) is 15.9. The Bertz CT molecular complexity index is 855. The van der Waals surface area contributed by atoms with Crippen molar-refractivity contribution >= 4 is 21.2 Å². The van der Waals surface area contributed by atoms with E-state index < -0.39 is 15.9 Å². The van der Waals surface area contributed by atoms with E-state index >= 15 is 0 Å². The van der Waals surface area contributed by atoms with Crippen molar-refractivity contribution < 1.29 is 17.9 Å². The van der Waals surface area contributed by atoms with Gasteiger partial charge in [-0.15, -0.1) is 11.3 Å². The van der Waals surface area contributed by atoms with E-state index in [-0.39, 0.29) is 11.5 Å². The summed E-state index contributed by atoms with van der Waals surface area (Å²) >= 11 is 1.33. The standard InChI is InChI=1S/C16H15NO4S2/c18-14(12-5-2-1-3-6-12)11-23(19,20)10-13-9-22-16(17-13)15-7-4-8-21-15/h1-9,14,18H,10-11H2. The van der Waals surface area contributed by atoms with Crippen LogP contribution < -0.4 is 0 Å². The number of thiazole rings is 1. The fraction of sp³-hybridized carbons (Fsp3) is 0.188. The minimum absolute atomic E-state index is 0.200. The second-order valence-corrected chi connectivity index (χ2v) is 8.07. The van der Waals surface area contributed by atoms with Gasteiger partial charge in [0, 0.05) is 5.38 Å². The molecule has 0 saturated carbocycles. The van der Waals surface area contributed by atoms with Crippen molar-refractivity contribution in [2.24, 2.45) is 0 Å². The lowest BCUT2D eigenvalue weighted by Gasteiger charge is -2.10. The van der Waals surface area contributed by atoms with E-state index in [1.165, 1.54) is 11.3 Å². The lowest BCUT2D eigenvalue weighted by Crippen LogP contribution is -2.16. The van der Waals surface area contributed by atoms with E-state index in [2.05, 4.69) is 4.98 Å². The smallest absolute Gasteiger partial charge is 0.162 e. The number of hydrogen-bond donors (Lipinski definition) is 1. The Labute approximate surface area is 138 Å². The second-order valence-electron chi connectivity index (χ2n) is 5.10. The van der Waals surface area contributed by atoms with E-state index in [1.54, 1.807) is 48.0 Å². The monoisotopic (exact) mass is 349 g/mol. The number of benzene rings is 1. The van der Waals surface area contributed by atoms with Gasteiger partial charge in [0.1, 0.15) is 0 Å². The number of rotatable bonds is 6. The van der Waals surface area contributed by atoms with E-state index in [9.17, 15) is 13.5 Å². The Hall–Kier alpha value is -1.96. The summed E-state index contributed by atoms with van der Waals surface area (Å²) in [6.45, 7) is 0. The molecule has 1 unspecified atom stereocenters. The molecular formula is C16H15NO4S2. The number of aromatic nitrogens is 1. The van der Waals surface area contributed by atoms with Gasteiger partial charge in [0.25, 0.3) is 0 Å². The fourth-order valence-electron chi connectivity index (χ4n) is 2.18. The van der Waals surface area contributed by atoms with Gasteiger partial charge in [0.2, 0.25) is 0 Å². The van der Waals surface area contributed by atoms with Gasteiger partial charge < -0.3 is 9.52 Å². The van der Waals surface area contributed by atoms with E-state index in [4.69, 9.17) is 4.42 Å². The second kappa shape index (κ2) is 6.66. The van der Waals surface area contributed by atoms with Crippen LogP contribution >= 0.6 is 11.3 Å². The molecular weight excluding hydrogens is 334 g/mol. The third-order valence-electron chi connectivity index (χ3n) is 3.25. The van der Waals surface area contributed by atoms with E-state index in [1.807, 2.05) is 6.07 Å². The molecule has 7 heteroatoms. The van der Waals surface area contributed by atoms with Crippen molar-refractivity contribution in [3.05, 3.63) is 65.4 Å². The van der Waals surface area contributed by atoms with Gasteiger partial charge in [0.05, 0.1) is 29.6 Å². The van der Waals surface area contributed by atoms with Crippen molar-refractivity contribution in [3.8, 4) is 10.8 Å². The topological polar surface area (TPSA) is 80.4 Å². The summed E-state index contributed by atoms with van der Waals surface area (Å²) in [6.07, 6.45) is 0.507. The summed E-state index contributed by atoms with van der Waals surface area (Å²) in [5, 5.41) is 12.4. The molecule has 0 aliphatic rings. The molecule has 0 aliphatic carbocycles. The first-order valence-corrected chi connectivity index (χ1v) is 9.65. The summed E-state index contributed by atoms with van der Waals surface area (Å²) in [6, 6.07) is 12.3. The number of hydrogen-bond acceptors (Lipinski definition) is 6. The quantitative estimate of drug-likeness (QED) is 0.740. The van der Waals surface area contributed by atoms with Crippen LogP contribution in [0.15, 0.2) is 58.5 Å². The molecule has 0 saturated heterocycles. The van der Waals surface area contributed by atoms with Crippen LogP contribution in [0, 0.1) is 0 Å². The van der Waals surface area contributed by atoms with Gasteiger partial charge in [-0.2, -0.15) is 0 Å². The number of furan rings is 1. The number of nitrogens with zero attached hydrogens (tertiary/aromatic N) is 1. The maximum Gasteiger partial charge on any atom is 0.162 e. The molecule has 120 valence electrons. The van der Waals surface area contributed by atoms with Gasteiger partial charge in [0.15, 0.2) is 20.6 Å². The lowest BCUT2D eigenvalue weighted by atomic mass is 10.1. The summed E-state index contributed by atoms with van der Waals surface area (Å²) in [5.41, 5.74) is 1.05. The average molecular weight is 349 g/mol. The Morgan fingerprint density at radius 3 is 2.65 bits per heavy atom. The molecule has 23 heavy (non-hydrogen) atoms. The Balaban J connectivity index is 1.69. The number of aliphatic hydroxyl groups is 1. The molecule has 2 heterocycles. The molecule has 0 bridgehead atoms. The summed E-state index contributed by atoms with van der Waals surface area (Å²) < 4.78 is 29.8. The molecule has 0 amide bonds. The first-order valence-electron chi connectivity index (χ1n) is 6.95. The van der Waals surface area contributed by atoms with Crippen LogP contribution in [0.1, 0.15) is 17.4 Å². The first-order chi connectivity index (χ1) is 11.0. The van der Waals surface area contributed by atoms with E-state index in [0.717, 1.165) is 0 Å². The highest BCUT2D eigenvalue weighted by atomic mass is 32.2. The largest absolute Gasteiger partial charge is 0.462 e. The van der Waals surface area contributed by atoms with Crippen LogP contribution in [0.5, 0.6) is 0 Å². The van der Waals surface area contributed by atoms with Crippen LogP contribution in [0.2, 0.25) is 0 Å². The highest BCUT2D eigenvalue weighted by Gasteiger charge is 2.21. The Morgan fingerprint density at radius 1 is 1.17 bits per heavy atom. The van der Waals surface area contributed by atoms with Crippen LogP contribution in [0.3, 0.4) is 0 Å². The summed E-state index contributed by atoms with van der Waals surface area (Å²) in [4.78, 5) is 4.28. The van der Waals surface area contributed by atoms with E-state index in [0.29, 0.717) is 22.0 Å². The molecule has 1 N–H and O–H groups in total. The van der Waals surface area contributed by atoms with Crippen LogP contribution in [-0.2, 0) is 15.6 Å². The zero-order valence-electron chi connectivity index (χ0n) is 12.1. The minimum atomic E-state index is -3.47. The molecule has 0 aliphatic heterocycles. The number of sulfone groups is 1. The average Bonchev–Trinajstić information content (AvgIpc) is 3.18. The normalized spacial score (nSPS) is 13.1. The Morgan fingerprint density at radius 2 is 1.96 bits per heavy atom.